The van der Waals surface area contributed by atoms with Gasteiger partial charge in [0.2, 0.25) is 10.0 Å². The van der Waals surface area contributed by atoms with Crippen LogP contribution in [0.1, 0.15) is 12.8 Å². The second kappa shape index (κ2) is 4.24. The molecule has 0 bridgehead atoms. The highest BCUT2D eigenvalue weighted by Gasteiger charge is 2.29. The van der Waals surface area contributed by atoms with Gasteiger partial charge in [-0.3, -0.25) is 0 Å². The van der Waals surface area contributed by atoms with Crippen molar-refractivity contribution in [2.75, 3.05) is 7.11 Å². The molecule has 4 nitrogen and oxygen atoms in total. The maximum absolute atomic E-state index is 11.9. The van der Waals surface area contributed by atoms with Gasteiger partial charge in [-0.1, -0.05) is 11.6 Å². The Hall–Kier alpha value is -0.780. The Bertz CT molecular complexity index is 497. The molecule has 0 heterocycles. The predicted molar refractivity (Wildman–Crippen MR) is 61.3 cm³/mol. The van der Waals surface area contributed by atoms with E-state index in [4.69, 9.17) is 16.3 Å². The smallest absolute Gasteiger partial charge is 0.242 e. The van der Waals surface area contributed by atoms with Crippen molar-refractivity contribution in [3.05, 3.63) is 23.2 Å². The standard InChI is InChI=1S/C10H12ClNO3S/c1-15-8-4-5-10(9(11)6-8)16(13,14)12-7-2-3-7/h4-7,12H,2-3H2,1H3. The van der Waals surface area contributed by atoms with Gasteiger partial charge in [0, 0.05) is 12.1 Å². The number of rotatable bonds is 4. The van der Waals surface area contributed by atoms with Crippen LogP contribution >= 0.6 is 11.6 Å². The van der Waals surface area contributed by atoms with E-state index in [-0.39, 0.29) is 16.0 Å². The van der Waals surface area contributed by atoms with E-state index < -0.39 is 10.0 Å². The number of sulfonamides is 1. The molecule has 0 amide bonds. The molecule has 0 saturated heterocycles. The van der Waals surface area contributed by atoms with E-state index in [0.717, 1.165) is 12.8 Å². The molecule has 0 aromatic heterocycles. The Morgan fingerprint density at radius 1 is 1.44 bits per heavy atom. The highest BCUT2D eigenvalue weighted by atomic mass is 35.5. The molecule has 0 aliphatic heterocycles. The van der Waals surface area contributed by atoms with Crippen molar-refractivity contribution in [3.63, 3.8) is 0 Å². The van der Waals surface area contributed by atoms with E-state index in [1.54, 1.807) is 6.07 Å². The third kappa shape index (κ3) is 2.48. The maximum atomic E-state index is 11.9. The van der Waals surface area contributed by atoms with Gasteiger partial charge in [0.25, 0.3) is 0 Å². The first-order chi connectivity index (χ1) is 7.53. The van der Waals surface area contributed by atoms with Crippen LogP contribution in [0.15, 0.2) is 23.1 Å². The van der Waals surface area contributed by atoms with Crippen molar-refractivity contribution in [1.82, 2.24) is 4.72 Å². The molecule has 1 N–H and O–H groups in total. The molecule has 1 aromatic carbocycles. The summed E-state index contributed by atoms with van der Waals surface area (Å²) in [6.07, 6.45) is 1.79. The summed E-state index contributed by atoms with van der Waals surface area (Å²) >= 11 is 5.90. The SMILES string of the molecule is COc1ccc(S(=O)(=O)NC2CC2)c(Cl)c1. The summed E-state index contributed by atoms with van der Waals surface area (Å²) < 4.78 is 31.3. The summed E-state index contributed by atoms with van der Waals surface area (Å²) in [6, 6.07) is 4.59. The number of nitrogens with one attached hydrogen (secondary N) is 1. The van der Waals surface area contributed by atoms with Gasteiger partial charge in [-0.2, -0.15) is 0 Å². The average molecular weight is 262 g/mol. The van der Waals surface area contributed by atoms with Crippen LogP contribution in [0.2, 0.25) is 5.02 Å². The highest BCUT2D eigenvalue weighted by molar-refractivity contribution is 7.89. The lowest BCUT2D eigenvalue weighted by molar-refractivity contribution is 0.414. The van der Waals surface area contributed by atoms with E-state index in [9.17, 15) is 8.42 Å². The number of methoxy groups -OCH3 is 1. The van der Waals surface area contributed by atoms with Crippen molar-refractivity contribution in [1.29, 1.82) is 0 Å². The summed E-state index contributed by atoms with van der Waals surface area (Å²) in [4.78, 5) is 0.0990. The van der Waals surface area contributed by atoms with Crippen molar-refractivity contribution in [2.45, 2.75) is 23.8 Å². The minimum absolute atomic E-state index is 0.0724. The van der Waals surface area contributed by atoms with E-state index in [2.05, 4.69) is 4.72 Å². The maximum Gasteiger partial charge on any atom is 0.242 e. The first kappa shape index (κ1) is 11.7. The molecule has 1 fully saturated rings. The largest absolute Gasteiger partial charge is 0.497 e. The molecule has 6 heteroatoms. The molecule has 0 spiro atoms. The van der Waals surface area contributed by atoms with Crippen LogP contribution < -0.4 is 9.46 Å². The Morgan fingerprint density at radius 3 is 2.62 bits per heavy atom. The lowest BCUT2D eigenvalue weighted by atomic mass is 10.3. The number of halogens is 1. The van der Waals surface area contributed by atoms with Gasteiger partial charge >= 0.3 is 0 Å². The number of hydrogen-bond donors (Lipinski definition) is 1. The summed E-state index contributed by atoms with van der Waals surface area (Å²) in [5, 5.41) is 0.174. The van der Waals surface area contributed by atoms with Gasteiger partial charge in [0.15, 0.2) is 0 Å². The number of ether oxygens (including phenoxy) is 1. The number of benzene rings is 1. The number of hydrogen-bond acceptors (Lipinski definition) is 3. The topological polar surface area (TPSA) is 55.4 Å². The Labute approximate surface area is 99.6 Å². The molecule has 1 aliphatic carbocycles. The van der Waals surface area contributed by atoms with E-state index in [0.29, 0.717) is 5.75 Å². The molecular formula is C10H12ClNO3S. The minimum Gasteiger partial charge on any atom is -0.497 e. The van der Waals surface area contributed by atoms with Crippen LogP contribution in [0.4, 0.5) is 0 Å². The Kier molecular flexibility index (Phi) is 3.10. The summed E-state index contributed by atoms with van der Waals surface area (Å²) in [6.45, 7) is 0. The molecule has 88 valence electrons. The minimum atomic E-state index is -3.49. The van der Waals surface area contributed by atoms with Gasteiger partial charge in [-0.05, 0) is 25.0 Å². The first-order valence-electron chi connectivity index (χ1n) is 4.89. The predicted octanol–water partition coefficient (Wildman–Crippen LogP) is 1.79. The van der Waals surface area contributed by atoms with E-state index in [1.165, 1.54) is 19.2 Å². The van der Waals surface area contributed by atoms with E-state index >= 15 is 0 Å². The van der Waals surface area contributed by atoms with Crippen molar-refractivity contribution in [2.24, 2.45) is 0 Å². The highest BCUT2D eigenvalue weighted by Crippen LogP contribution is 2.28. The zero-order valence-electron chi connectivity index (χ0n) is 8.73. The van der Waals surface area contributed by atoms with E-state index in [1.807, 2.05) is 0 Å². The zero-order valence-corrected chi connectivity index (χ0v) is 10.3. The molecule has 1 aromatic rings. The second-order valence-corrected chi connectivity index (χ2v) is 5.78. The van der Waals surface area contributed by atoms with Gasteiger partial charge in [0.1, 0.15) is 10.6 Å². The van der Waals surface area contributed by atoms with Crippen molar-refractivity contribution in [3.8, 4) is 5.75 Å². The molecule has 1 aliphatic rings. The second-order valence-electron chi connectivity index (χ2n) is 3.69. The molecule has 1 saturated carbocycles. The third-order valence-corrected chi connectivity index (χ3v) is 4.33. The zero-order chi connectivity index (χ0) is 11.8. The summed E-state index contributed by atoms with van der Waals surface area (Å²) in [5.74, 6) is 0.537. The van der Waals surface area contributed by atoms with Crippen LogP contribution in [0.5, 0.6) is 5.75 Å². The molecular weight excluding hydrogens is 250 g/mol. The van der Waals surface area contributed by atoms with Crippen LogP contribution in [0.3, 0.4) is 0 Å². The normalized spacial score (nSPS) is 16.1. The quantitative estimate of drug-likeness (QED) is 0.899. The van der Waals surface area contributed by atoms with Crippen LogP contribution in [-0.2, 0) is 10.0 Å². The fraction of sp³-hybridized carbons (Fsp3) is 0.400. The van der Waals surface area contributed by atoms with Gasteiger partial charge in [0.05, 0.1) is 12.1 Å². The fourth-order valence-corrected chi connectivity index (χ4v) is 3.15. The van der Waals surface area contributed by atoms with Crippen LogP contribution in [0.25, 0.3) is 0 Å². The molecule has 16 heavy (non-hydrogen) atoms. The lowest BCUT2D eigenvalue weighted by Crippen LogP contribution is -2.25. The van der Waals surface area contributed by atoms with Crippen molar-refractivity contribution >= 4 is 21.6 Å². The third-order valence-electron chi connectivity index (χ3n) is 2.33. The molecule has 0 radical (unpaired) electrons. The first-order valence-corrected chi connectivity index (χ1v) is 6.75. The van der Waals surface area contributed by atoms with Crippen LogP contribution in [-0.4, -0.2) is 21.6 Å². The Balaban J connectivity index is 2.31. The summed E-state index contributed by atoms with van der Waals surface area (Å²) in [7, 11) is -1.99. The van der Waals surface area contributed by atoms with Gasteiger partial charge < -0.3 is 4.74 Å². The van der Waals surface area contributed by atoms with Crippen LogP contribution in [0, 0.1) is 0 Å². The molecule has 0 unspecified atom stereocenters. The fourth-order valence-electron chi connectivity index (χ4n) is 1.31. The summed E-state index contributed by atoms with van der Waals surface area (Å²) in [5.41, 5.74) is 0. The monoisotopic (exact) mass is 261 g/mol. The molecule has 0 atom stereocenters. The Morgan fingerprint density at radius 2 is 2.12 bits per heavy atom. The lowest BCUT2D eigenvalue weighted by Gasteiger charge is -2.08. The molecule has 2 rings (SSSR count). The van der Waals surface area contributed by atoms with Gasteiger partial charge in [-0.15, -0.1) is 0 Å². The average Bonchev–Trinajstić information content (AvgIpc) is 3.00. The van der Waals surface area contributed by atoms with Crippen molar-refractivity contribution < 1.29 is 13.2 Å². The van der Waals surface area contributed by atoms with Gasteiger partial charge in [-0.25, -0.2) is 13.1 Å².